The monoisotopic (exact) mass is 340 g/mol. The third-order valence-corrected chi connectivity index (χ3v) is 4.01. The number of thiazole rings is 1. The van der Waals surface area contributed by atoms with E-state index in [-0.39, 0.29) is 6.03 Å². The van der Waals surface area contributed by atoms with Gasteiger partial charge in [-0.25, -0.2) is 14.8 Å². The molecule has 122 valence electrons. The van der Waals surface area contributed by atoms with E-state index in [9.17, 15) is 4.79 Å². The number of carbonyl (C=O) groups excluding carboxylic acids is 1. The van der Waals surface area contributed by atoms with Gasteiger partial charge in [0.25, 0.3) is 0 Å². The summed E-state index contributed by atoms with van der Waals surface area (Å²) in [5.41, 5.74) is 7.31. The SMILES string of the molecule is NCCc1cccc(NC(=O)Nc2csc(-c3ccncc3)n2)n1. The van der Waals surface area contributed by atoms with E-state index in [0.717, 1.165) is 16.3 Å². The van der Waals surface area contributed by atoms with Crippen molar-refractivity contribution in [2.45, 2.75) is 6.42 Å². The van der Waals surface area contributed by atoms with Crippen molar-refractivity contribution in [3.63, 3.8) is 0 Å². The third-order valence-electron chi connectivity index (χ3n) is 3.12. The van der Waals surface area contributed by atoms with Gasteiger partial charge in [-0.1, -0.05) is 6.07 Å². The lowest BCUT2D eigenvalue weighted by Gasteiger charge is -2.06. The zero-order valence-electron chi connectivity index (χ0n) is 12.8. The van der Waals surface area contributed by atoms with Crippen LogP contribution < -0.4 is 16.4 Å². The number of nitrogens with one attached hydrogen (secondary N) is 2. The molecule has 2 amide bonds. The Balaban J connectivity index is 1.63. The summed E-state index contributed by atoms with van der Waals surface area (Å²) in [6.07, 6.45) is 4.08. The zero-order chi connectivity index (χ0) is 16.8. The van der Waals surface area contributed by atoms with E-state index in [0.29, 0.717) is 24.6 Å². The van der Waals surface area contributed by atoms with Gasteiger partial charge in [0, 0.05) is 35.5 Å². The summed E-state index contributed by atoms with van der Waals surface area (Å²) in [4.78, 5) is 24.8. The van der Waals surface area contributed by atoms with Gasteiger partial charge in [0.1, 0.15) is 16.6 Å². The van der Waals surface area contributed by atoms with Crippen molar-refractivity contribution < 1.29 is 4.79 Å². The summed E-state index contributed by atoms with van der Waals surface area (Å²) in [5.74, 6) is 0.963. The Kier molecular flexibility index (Phi) is 5.09. The molecule has 3 rings (SSSR count). The van der Waals surface area contributed by atoms with Crippen LogP contribution in [0.1, 0.15) is 5.69 Å². The highest BCUT2D eigenvalue weighted by molar-refractivity contribution is 7.13. The molecule has 0 fully saturated rings. The molecule has 0 atom stereocenters. The standard InChI is InChI=1S/C16H16N6OS/c17-7-4-12-2-1-3-13(19-12)21-16(23)22-14-10-24-15(20-14)11-5-8-18-9-6-11/h1-3,5-6,8-10H,4,7,17H2,(H2,19,21,22,23). The number of pyridine rings is 2. The van der Waals surface area contributed by atoms with Crippen LogP contribution >= 0.6 is 11.3 Å². The minimum atomic E-state index is -0.390. The van der Waals surface area contributed by atoms with Gasteiger partial charge in [0.2, 0.25) is 0 Å². The minimum Gasteiger partial charge on any atom is -0.330 e. The van der Waals surface area contributed by atoms with E-state index in [1.165, 1.54) is 11.3 Å². The molecule has 4 N–H and O–H groups in total. The molecule has 0 aliphatic carbocycles. The molecule has 8 heteroatoms. The van der Waals surface area contributed by atoms with E-state index in [4.69, 9.17) is 5.73 Å². The third kappa shape index (κ3) is 4.12. The Morgan fingerprint density at radius 1 is 1.08 bits per heavy atom. The number of aromatic nitrogens is 3. The average molecular weight is 340 g/mol. The van der Waals surface area contributed by atoms with Gasteiger partial charge in [0.05, 0.1) is 0 Å². The lowest BCUT2D eigenvalue weighted by molar-refractivity contribution is 0.262. The molecule has 0 spiro atoms. The summed E-state index contributed by atoms with van der Waals surface area (Å²) in [6, 6.07) is 8.78. The van der Waals surface area contributed by atoms with Gasteiger partial charge in [-0.05, 0) is 30.8 Å². The van der Waals surface area contributed by atoms with Crippen LogP contribution in [0, 0.1) is 0 Å². The number of hydrogen-bond acceptors (Lipinski definition) is 6. The van der Waals surface area contributed by atoms with E-state index >= 15 is 0 Å². The second kappa shape index (κ2) is 7.62. The van der Waals surface area contributed by atoms with Crippen molar-refractivity contribution in [2.24, 2.45) is 5.73 Å². The summed E-state index contributed by atoms with van der Waals surface area (Å²) >= 11 is 1.45. The lowest BCUT2D eigenvalue weighted by atomic mass is 10.3. The molecule has 0 aromatic carbocycles. The first-order chi connectivity index (χ1) is 11.7. The second-order valence-corrected chi connectivity index (χ2v) is 5.76. The largest absolute Gasteiger partial charge is 0.330 e. The number of nitrogens with two attached hydrogens (primary N) is 1. The van der Waals surface area contributed by atoms with Crippen LogP contribution in [-0.4, -0.2) is 27.5 Å². The van der Waals surface area contributed by atoms with Gasteiger partial charge in [-0.3, -0.25) is 15.6 Å². The molecular weight excluding hydrogens is 324 g/mol. The molecular formula is C16H16N6OS. The summed E-state index contributed by atoms with van der Waals surface area (Å²) in [5, 5.41) is 7.99. The van der Waals surface area contributed by atoms with Crippen LogP contribution in [0.3, 0.4) is 0 Å². The molecule has 7 nitrogen and oxygen atoms in total. The van der Waals surface area contributed by atoms with E-state index in [2.05, 4.69) is 25.6 Å². The second-order valence-electron chi connectivity index (χ2n) is 4.91. The van der Waals surface area contributed by atoms with Crippen molar-refractivity contribution in [3.8, 4) is 10.6 Å². The Labute approximate surface area is 143 Å². The van der Waals surface area contributed by atoms with Gasteiger partial charge in [-0.2, -0.15) is 0 Å². The molecule has 0 unspecified atom stereocenters. The van der Waals surface area contributed by atoms with Gasteiger partial charge < -0.3 is 5.73 Å². The van der Waals surface area contributed by atoms with Crippen molar-refractivity contribution in [1.29, 1.82) is 0 Å². The Morgan fingerprint density at radius 3 is 2.67 bits per heavy atom. The fourth-order valence-electron chi connectivity index (χ4n) is 2.06. The molecule has 0 saturated carbocycles. The number of hydrogen-bond donors (Lipinski definition) is 3. The lowest BCUT2D eigenvalue weighted by Crippen LogP contribution is -2.20. The van der Waals surface area contributed by atoms with Crippen molar-refractivity contribution in [2.75, 3.05) is 17.2 Å². The minimum absolute atomic E-state index is 0.390. The molecule has 0 aliphatic rings. The molecule has 3 aromatic rings. The van der Waals surface area contributed by atoms with Crippen LogP contribution in [0.2, 0.25) is 0 Å². The fourth-order valence-corrected chi connectivity index (χ4v) is 2.82. The Bertz CT molecular complexity index is 820. The summed E-state index contributed by atoms with van der Waals surface area (Å²) in [7, 11) is 0. The first-order valence-electron chi connectivity index (χ1n) is 7.34. The highest BCUT2D eigenvalue weighted by Crippen LogP contribution is 2.25. The van der Waals surface area contributed by atoms with Crippen LogP contribution in [0.5, 0.6) is 0 Å². The number of anilines is 2. The maximum Gasteiger partial charge on any atom is 0.326 e. The molecule has 0 bridgehead atoms. The molecule has 3 heterocycles. The average Bonchev–Trinajstić information content (AvgIpc) is 3.04. The first-order valence-corrected chi connectivity index (χ1v) is 8.22. The van der Waals surface area contributed by atoms with Gasteiger partial charge >= 0.3 is 6.03 Å². The Morgan fingerprint density at radius 2 is 1.88 bits per heavy atom. The van der Waals surface area contributed by atoms with Crippen LogP contribution in [0.15, 0.2) is 48.1 Å². The zero-order valence-corrected chi connectivity index (χ0v) is 13.6. The Hall–Kier alpha value is -2.84. The van der Waals surface area contributed by atoms with Crippen LogP contribution in [0.4, 0.5) is 16.4 Å². The number of amides is 2. The number of carbonyl (C=O) groups is 1. The van der Waals surface area contributed by atoms with E-state index < -0.39 is 0 Å². The number of urea groups is 1. The van der Waals surface area contributed by atoms with Crippen molar-refractivity contribution >= 4 is 29.0 Å². The van der Waals surface area contributed by atoms with Gasteiger partial charge in [-0.15, -0.1) is 11.3 Å². The van der Waals surface area contributed by atoms with Gasteiger partial charge in [0.15, 0.2) is 0 Å². The molecule has 3 aromatic heterocycles. The smallest absolute Gasteiger partial charge is 0.326 e. The predicted molar refractivity (Wildman–Crippen MR) is 95.0 cm³/mol. The van der Waals surface area contributed by atoms with E-state index in [1.807, 2.05) is 24.3 Å². The molecule has 0 aliphatic heterocycles. The number of rotatable bonds is 5. The molecule has 24 heavy (non-hydrogen) atoms. The number of nitrogens with zero attached hydrogens (tertiary/aromatic N) is 3. The molecule has 0 radical (unpaired) electrons. The van der Waals surface area contributed by atoms with E-state index in [1.54, 1.807) is 23.8 Å². The quantitative estimate of drug-likeness (QED) is 0.662. The summed E-state index contributed by atoms with van der Waals surface area (Å²) in [6.45, 7) is 0.513. The van der Waals surface area contributed by atoms with Crippen molar-refractivity contribution in [1.82, 2.24) is 15.0 Å². The topological polar surface area (TPSA) is 106 Å². The highest BCUT2D eigenvalue weighted by atomic mass is 32.1. The normalized spacial score (nSPS) is 10.4. The maximum absolute atomic E-state index is 12.1. The fraction of sp³-hybridized carbons (Fsp3) is 0.125. The predicted octanol–water partition coefficient (Wildman–Crippen LogP) is 2.75. The molecule has 0 saturated heterocycles. The first kappa shape index (κ1) is 16.0. The van der Waals surface area contributed by atoms with Crippen LogP contribution in [-0.2, 0) is 6.42 Å². The van der Waals surface area contributed by atoms with Crippen molar-refractivity contribution in [3.05, 3.63) is 53.8 Å². The highest BCUT2D eigenvalue weighted by Gasteiger charge is 2.08. The summed E-state index contributed by atoms with van der Waals surface area (Å²) < 4.78 is 0. The van der Waals surface area contributed by atoms with Crippen LogP contribution in [0.25, 0.3) is 10.6 Å². The maximum atomic E-state index is 12.1.